The smallest absolute Gasteiger partial charge is 0.180 e. The van der Waals surface area contributed by atoms with Gasteiger partial charge in [-0.05, 0) is 34.9 Å². The highest BCUT2D eigenvalue weighted by atomic mass is 35.5. The average Bonchev–Trinajstić information content (AvgIpc) is 2.92. The summed E-state index contributed by atoms with van der Waals surface area (Å²) < 4.78 is 0. The molecule has 0 fully saturated rings. The van der Waals surface area contributed by atoms with Gasteiger partial charge in [0.15, 0.2) is 5.13 Å². The Kier molecular flexibility index (Phi) is 2.96. The summed E-state index contributed by atoms with van der Waals surface area (Å²) >= 11 is 13.7. The van der Waals surface area contributed by atoms with Crippen LogP contribution < -0.4 is 5.73 Å². The molecule has 0 saturated carbocycles. The first-order valence-corrected chi connectivity index (χ1v) is 8.02. The lowest BCUT2D eigenvalue weighted by Gasteiger charge is -2.07. The Balaban J connectivity index is 1.82. The molecule has 0 bridgehead atoms. The Bertz CT molecular complexity index is 850. The fourth-order valence-electron chi connectivity index (χ4n) is 2.74. The number of hydrogen-bond donors (Lipinski definition) is 1. The van der Waals surface area contributed by atoms with E-state index in [2.05, 4.69) is 23.2 Å². The fourth-order valence-corrected chi connectivity index (χ4v) is 4.14. The third-order valence-corrected chi connectivity index (χ3v) is 4.94. The number of halogens is 2. The van der Waals surface area contributed by atoms with E-state index in [0.717, 1.165) is 23.2 Å². The molecule has 2 aromatic carbocycles. The molecule has 2 N–H and O–H groups in total. The van der Waals surface area contributed by atoms with Crippen LogP contribution in [0, 0.1) is 0 Å². The second kappa shape index (κ2) is 4.73. The molecule has 1 aliphatic carbocycles. The molecule has 0 spiro atoms. The third-order valence-electron chi connectivity index (χ3n) is 3.62. The van der Waals surface area contributed by atoms with Crippen LogP contribution in [0.25, 0.3) is 22.4 Å². The van der Waals surface area contributed by atoms with Gasteiger partial charge >= 0.3 is 0 Å². The number of fused-ring (bicyclic) bond motifs is 3. The summed E-state index contributed by atoms with van der Waals surface area (Å²) in [6.45, 7) is 0. The Morgan fingerprint density at radius 1 is 1.00 bits per heavy atom. The lowest BCUT2D eigenvalue weighted by Crippen LogP contribution is -1.86. The standard InChI is InChI=1S/C16H10Cl2N2S/c17-11-4-9(5-12(18)7-11)8-1-2-13-10(3-8)6-14-15(13)20-16(19)21-14/h1-5,7H,6H2,(H2,19,20). The van der Waals surface area contributed by atoms with Gasteiger partial charge in [-0.25, -0.2) is 4.98 Å². The predicted octanol–water partition coefficient (Wildman–Crippen LogP) is 5.27. The summed E-state index contributed by atoms with van der Waals surface area (Å²) in [5, 5.41) is 1.93. The molecule has 0 amide bonds. The molecule has 1 heterocycles. The topological polar surface area (TPSA) is 38.9 Å². The van der Waals surface area contributed by atoms with Gasteiger partial charge in [0.2, 0.25) is 0 Å². The average molecular weight is 333 g/mol. The molecule has 21 heavy (non-hydrogen) atoms. The van der Waals surface area contributed by atoms with Gasteiger partial charge in [0, 0.05) is 26.9 Å². The predicted molar refractivity (Wildman–Crippen MR) is 90.2 cm³/mol. The molecule has 0 radical (unpaired) electrons. The number of nitrogen functional groups attached to an aromatic ring is 1. The summed E-state index contributed by atoms with van der Waals surface area (Å²) in [6, 6.07) is 12.0. The molecule has 0 saturated heterocycles. The largest absolute Gasteiger partial charge is 0.375 e. The summed E-state index contributed by atoms with van der Waals surface area (Å²) in [6.07, 6.45) is 0.891. The number of nitrogens with two attached hydrogens (primary N) is 1. The first-order chi connectivity index (χ1) is 10.1. The van der Waals surface area contributed by atoms with Gasteiger partial charge in [-0.1, -0.05) is 41.4 Å². The molecule has 0 aliphatic heterocycles. The second-order valence-electron chi connectivity index (χ2n) is 5.03. The van der Waals surface area contributed by atoms with Crippen LogP contribution in [0.3, 0.4) is 0 Å². The molecule has 1 aromatic heterocycles. The lowest BCUT2D eigenvalue weighted by molar-refractivity contribution is 1.31. The molecular formula is C16H10Cl2N2S. The SMILES string of the molecule is Nc1nc2c(s1)Cc1cc(-c3cc(Cl)cc(Cl)c3)ccc1-2. The molecule has 3 aromatic rings. The lowest BCUT2D eigenvalue weighted by atomic mass is 10.00. The van der Waals surface area contributed by atoms with E-state index >= 15 is 0 Å². The minimum atomic E-state index is 0.636. The van der Waals surface area contributed by atoms with E-state index in [1.165, 1.54) is 16.0 Å². The van der Waals surface area contributed by atoms with Gasteiger partial charge in [0.1, 0.15) is 0 Å². The van der Waals surface area contributed by atoms with Crippen molar-refractivity contribution < 1.29 is 0 Å². The van der Waals surface area contributed by atoms with Crippen molar-refractivity contribution in [2.24, 2.45) is 0 Å². The number of aromatic nitrogens is 1. The number of thiazole rings is 1. The zero-order valence-corrected chi connectivity index (χ0v) is 13.2. The Morgan fingerprint density at radius 2 is 1.76 bits per heavy atom. The van der Waals surface area contributed by atoms with Crippen LogP contribution in [0.5, 0.6) is 0 Å². The van der Waals surface area contributed by atoms with Gasteiger partial charge in [-0.15, -0.1) is 11.3 Å². The Morgan fingerprint density at radius 3 is 2.52 bits per heavy atom. The third kappa shape index (κ3) is 2.22. The number of hydrogen-bond acceptors (Lipinski definition) is 3. The molecule has 104 valence electrons. The van der Waals surface area contributed by atoms with Gasteiger partial charge in [0.05, 0.1) is 5.69 Å². The van der Waals surface area contributed by atoms with Crippen molar-refractivity contribution in [3.05, 3.63) is 56.9 Å². The molecule has 5 heteroatoms. The van der Waals surface area contributed by atoms with Crippen molar-refractivity contribution in [2.75, 3.05) is 5.73 Å². The van der Waals surface area contributed by atoms with Crippen molar-refractivity contribution >= 4 is 39.7 Å². The molecule has 0 atom stereocenters. The molecule has 4 rings (SSSR count). The maximum atomic E-state index is 6.08. The van der Waals surface area contributed by atoms with Crippen LogP contribution in [0.4, 0.5) is 5.13 Å². The maximum Gasteiger partial charge on any atom is 0.180 e. The van der Waals surface area contributed by atoms with E-state index in [-0.39, 0.29) is 0 Å². The van der Waals surface area contributed by atoms with Gasteiger partial charge in [-0.3, -0.25) is 0 Å². The summed E-state index contributed by atoms with van der Waals surface area (Å²) in [4.78, 5) is 5.66. The Hall–Kier alpha value is -1.55. The van der Waals surface area contributed by atoms with Crippen molar-refractivity contribution in [3.63, 3.8) is 0 Å². The number of benzene rings is 2. The van der Waals surface area contributed by atoms with Crippen molar-refractivity contribution in [1.82, 2.24) is 4.98 Å². The highest BCUT2D eigenvalue weighted by Gasteiger charge is 2.23. The minimum absolute atomic E-state index is 0.636. The van der Waals surface area contributed by atoms with Gasteiger partial charge < -0.3 is 5.73 Å². The maximum absolute atomic E-state index is 6.08. The van der Waals surface area contributed by atoms with Gasteiger partial charge in [0.25, 0.3) is 0 Å². The van der Waals surface area contributed by atoms with E-state index in [9.17, 15) is 0 Å². The quantitative estimate of drug-likeness (QED) is 0.515. The van der Waals surface area contributed by atoms with Crippen LogP contribution in [0.1, 0.15) is 10.4 Å². The number of rotatable bonds is 1. The Labute approximate surface area is 136 Å². The summed E-state index contributed by atoms with van der Waals surface area (Å²) in [7, 11) is 0. The second-order valence-corrected chi connectivity index (χ2v) is 7.02. The van der Waals surface area contributed by atoms with Crippen LogP contribution in [-0.4, -0.2) is 4.98 Å². The van der Waals surface area contributed by atoms with Crippen LogP contribution in [-0.2, 0) is 6.42 Å². The number of nitrogens with zero attached hydrogens (tertiary/aromatic N) is 1. The van der Waals surface area contributed by atoms with E-state index in [1.54, 1.807) is 17.4 Å². The van der Waals surface area contributed by atoms with E-state index < -0.39 is 0 Å². The van der Waals surface area contributed by atoms with Crippen molar-refractivity contribution in [1.29, 1.82) is 0 Å². The molecule has 2 nitrogen and oxygen atoms in total. The summed E-state index contributed by atoms with van der Waals surface area (Å²) in [5.41, 5.74) is 11.4. The van der Waals surface area contributed by atoms with Gasteiger partial charge in [-0.2, -0.15) is 0 Å². The number of anilines is 1. The normalized spacial score (nSPS) is 12.3. The molecule has 1 aliphatic rings. The monoisotopic (exact) mass is 332 g/mol. The van der Waals surface area contributed by atoms with E-state index in [1.807, 2.05) is 12.1 Å². The molecular weight excluding hydrogens is 323 g/mol. The zero-order chi connectivity index (χ0) is 14.6. The highest BCUT2D eigenvalue weighted by molar-refractivity contribution is 7.15. The minimum Gasteiger partial charge on any atom is -0.375 e. The summed E-state index contributed by atoms with van der Waals surface area (Å²) in [5.74, 6) is 0. The van der Waals surface area contributed by atoms with Crippen molar-refractivity contribution in [3.8, 4) is 22.4 Å². The highest BCUT2D eigenvalue weighted by Crippen LogP contribution is 2.42. The van der Waals surface area contributed by atoms with Crippen LogP contribution in [0.15, 0.2) is 36.4 Å². The first kappa shape index (κ1) is 13.1. The van der Waals surface area contributed by atoms with Crippen molar-refractivity contribution in [2.45, 2.75) is 6.42 Å². The zero-order valence-electron chi connectivity index (χ0n) is 10.9. The first-order valence-electron chi connectivity index (χ1n) is 6.45. The van der Waals surface area contributed by atoms with E-state index in [4.69, 9.17) is 28.9 Å². The van der Waals surface area contributed by atoms with Crippen LogP contribution >= 0.6 is 34.5 Å². The fraction of sp³-hybridized carbons (Fsp3) is 0.0625. The van der Waals surface area contributed by atoms with Crippen LogP contribution in [0.2, 0.25) is 10.0 Å². The molecule has 0 unspecified atom stereocenters. The van der Waals surface area contributed by atoms with E-state index in [0.29, 0.717) is 15.2 Å².